The molecule has 3 N–H and O–H groups in total. The van der Waals surface area contributed by atoms with Crippen molar-refractivity contribution in [2.75, 3.05) is 13.1 Å². The molecule has 0 bridgehead atoms. The largest absolute Gasteiger partial charge is 0.317 e. The van der Waals surface area contributed by atoms with Crippen LogP contribution in [0, 0.1) is 5.82 Å². The number of hydrogen-bond donors (Lipinski definition) is 2. The van der Waals surface area contributed by atoms with Crippen LogP contribution in [0.4, 0.5) is 4.39 Å². The van der Waals surface area contributed by atoms with Crippen LogP contribution in [0.25, 0.3) is 0 Å². The van der Waals surface area contributed by atoms with Gasteiger partial charge >= 0.3 is 0 Å². The van der Waals surface area contributed by atoms with Gasteiger partial charge in [0.05, 0.1) is 4.90 Å². The Bertz CT molecular complexity index is 533. The Morgan fingerprint density at radius 2 is 1.95 bits per heavy atom. The van der Waals surface area contributed by atoms with Crippen molar-refractivity contribution in [1.82, 2.24) is 5.32 Å². The summed E-state index contributed by atoms with van der Waals surface area (Å²) in [4.78, 5) is 0.295. The Hall–Kier alpha value is -0.340. The summed E-state index contributed by atoms with van der Waals surface area (Å²) in [6, 6.07) is 3.82. The highest BCUT2D eigenvalue weighted by atomic mass is 35.5. The summed E-state index contributed by atoms with van der Waals surface area (Å²) in [5, 5.41) is 8.57. The fourth-order valence-electron chi connectivity index (χ4n) is 1.85. The zero-order chi connectivity index (χ0) is 13.2. The molecule has 0 spiro atoms. The molecule has 19 heavy (non-hydrogen) atoms. The first-order chi connectivity index (χ1) is 8.47. The number of primary sulfonamides is 1. The van der Waals surface area contributed by atoms with Crippen LogP contribution in [0.2, 0.25) is 0 Å². The zero-order valence-electron chi connectivity index (χ0n) is 10.1. The number of benzene rings is 1. The number of thioether (sulfide) groups is 1. The van der Waals surface area contributed by atoms with Gasteiger partial charge in [-0.05, 0) is 44.1 Å². The van der Waals surface area contributed by atoms with Crippen molar-refractivity contribution in [2.24, 2.45) is 5.14 Å². The molecule has 0 unspecified atom stereocenters. The molecule has 1 aliphatic rings. The SMILES string of the molecule is Cl.NS(=O)(=O)c1ccc(SC2CCNCC2)c(F)c1. The second-order valence-corrected chi connectivity index (χ2v) is 7.11. The van der Waals surface area contributed by atoms with Crippen molar-refractivity contribution in [2.45, 2.75) is 27.9 Å². The van der Waals surface area contributed by atoms with Crippen LogP contribution in [-0.4, -0.2) is 26.8 Å². The first-order valence-corrected chi connectivity index (χ1v) is 8.09. The van der Waals surface area contributed by atoms with E-state index in [-0.39, 0.29) is 17.3 Å². The first-order valence-electron chi connectivity index (χ1n) is 5.66. The van der Waals surface area contributed by atoms with E-state index in [1.54, 1.807) is 0 Å². The standard InChI is InChI=1S/C11H15FN2O2S2.ClH/c12-10-7-9(18(13,15)16)1-2-11(10)17-8-3-5-14-6-4-8;/h1-2,7-8,14H,3-6H2,(H2,13,15,16);1H. The van der Waals surface area contributed by atoms with Gasteiger partial charge in [0.1, 0.15) is 5.82 Å². The maximum absolute atomic E-state index is 13.8. The quantitative estimate of drug-likeness (QED) is 0.887. The van der Waals surface area contributed by atoms with Crippen LogP contribution >= 0.6 is 24.2 Å². The van der Waals surface area contributed by atoms with Crippen molar-refractivity contribution in [1.29, 1.82) is 0 Å². The highest BCUT2D eigenvalue weighted by Gasteiger charge is 2.17. The molecule has 0 radical (unpaired) electrons. The minimum Gasteiger partial charge on any atom is -0.317 e. The van der Waals surface area contributed by atoms with E-state index in [1.165, 1.54) is 23.9 Å². The maximum atomic E-state index is 13.8. The van der Waals surface area contributed by atoms with Crippen LogP contribution in [-0.2, 0) is 10.0 Å². The topological polar surface area (TPSA) is 72.2 Å². The van der Waals surface area contributed by atoms with Crippen molar-refractivity contribution in [3.63, 3.8) is 0 Å². The van der Waals surface area contributed by atoms with Gasteiger partial charge in [0, 0.05) is 10.1 Å². The van der Waals surface area contributed by atoms with Crippen molar-refractivity contribution < 1.29 is 12.8 Å². The van der Waals surface area contributed by atoms with Gasteiger partial charge in [-0.3, -0.25) is 0 Å². The minimum atomic E-state index is -3.83. The molecule has 4 nitrogen and oxygen atoms in total. The van der Waals surface area contributed by atoms with Gasteiger partial charge in [-0.2, -0.15) is 0 Å². The van der Waals surface area contributed by atoms with Crippen LogP contribution in [0.5, 0.6) is 0 Å². The van der Waals surface area contributed by atoms with Gasteiger partial charge in [-0.15, -0.1) is 24.2 Å². The Morgan fingerprint density at radius 3 is 2.47 bits per heavy atom. The molecule has 1 saturated heterocycles. The molecule has 1 aromatic rings. The Kier molecular flexibility index (Phi) is 6.07. The number of rotatable bonds is 3. The van der Waals surface area contributed by atoms with E-state index in [4.69, 9.17) is 5.14 Å². The highest BCUT2D eigenvalue weighted by molar-refractivity contribution is 8.00. The average molecular weight is 327 g/mol. The molecule has 0 atom stereocenters. The second-order valence-electron chi connectivity index (χ2n) is 4.20. The Labute approximate surface area is 122 Å². The molecule has 8 heteroatoms. The Morgan fingerprint density at radius 1 is 1.32 bits per heavy atom. The van der Waals surface area contributed by atoms with E-state index in [0.29, 0.717) is 10.1 Å². The molecule has 1 heterocycles. The summed E-state index contributed by atoms with van der Waals surface area (Å²) in [5.74, 6) is -0.523. The lowest BCUT2D eigenvalue weighted by Crippen LogP contribution is -2.29. The third-order valence-electron chi connectivity index (χ3n) is 2.81. The molecule has 0 amide bonds. The highest BCUT2D eigenvalue weighted by Crippen LogP contribution is 2.31. The van der Waals surface area contributed by atoms with E-state index in [2.05, 4.69) is 5.32 Å². The molecule has 0 aromatic heterocycles. The predicted molar refractivity (Wildman–Crippen MR) is 76.8 cm³/mol. The molecule has 1 aliphatic heterocycles. The third kappa shape index (κ3) is 4.61. The van der Waals surface area contributed by atoms with E-state index < -0.39 is 15.8 Å². The summed E-state index contributed by atoms with van der Waals surface area (Å²) in [5.41, 5.74) is 0. The van der Waals surface area contributed by atoms with Gasteiger partial charge in [0.15, 0.2) is 0 Å². The minimum absolute atomic E-state index is 0. The number of hydrogen-bond acceptors (Lipinski definition) is 4. The van der Waals surface area contributed by atoms with Crippen molar-refractivity contribution >= 4 is 34.2 Å². The van der Waals surface area contributed by atoms with E-state index in [9.17, 15) is 12.8 Å². The maximum Gasteiger partial charge on any atom is 0.238 e. The molecule has 0 saturated carbocycles. The molecular weight excluding hydrogens is 311 g/mol. The van der Waals surface area contributed by atoms with E-state index in [1.807, 2.05) is 0 Å². The summed E-state index contributed by atoms with van der Waals surface area (Å²) in [6.45, 7) is 1.88. The summed E-state index contributed by atoms with van der Waals surface area (Å²) in [7, 11) is -3.83. The second kappa shape index (κ2) is 6.90. The van der Waals surface area contributed by atoms with Crippen molar-refractivity contribution in [3.05, 3.63) is 24.0 Å². The van der Waals surface area contributed by atoms with Crippen molar-refractivity contribution in [3.8, 4) is 0 Å². The van der Waals surface area contributed by atoms with Gasteiger partial charge in [0.2, 0.25) is 10.0 Å². The summed E-state index contributed by atoms with van der Waals surface area (Å²) < 4.78 is 35.9. The Balaban J connectivity index is 0.00000180. The monoisotopic (exact) mass is 326 g/mol. The smallest absolute Gasteiger partial charge is 0.238 e. The van der Waals surface area contributed by atoms with Gasteiger partial charge < -0.3 is 5.32 Å². The lowest BCUT2D eigenvalue weighted by atomic mass is 10.2. The van der Waals surface area contributed by atoms with Gasteiger partial charge in [-0.1, -0.05) is 0 Å². The predicted octanol–water partition coefficient (Wildman–Crippen LogP) is 1.74. The van der Waals surface area contributed by atoms with Gasteiger partial charge in [0.25, 0.3) is 0 Å². The number of nitrogens with two attached hydrogens (primary N) is 1. The number of halogens is 2. The van der Waals surface area contributed by atoms with E-state index in [0.717, 1.165) is 32.0 Å². The summed E-state index contributed by atoms with van der Waals surface area (Å²) in [6.07, 6.45) is 1.97. The van der Waals surface area contributed by atoms with Crippen LogP contribution in [0.15, 0.2) is 28.0 Å². The molecule has 2 rings (SSSR count). The third-order valence-corrected chi connectivity index (χ3v) is 5.11. The normalized spacial score (nSPS) is 16.9. The van der Waals surface area contributed by atoms with Gasteiger partial charge in [-0.25, -0.2) is 17.9 Å². The number of piperidine rings is 1. The zero-order valence-corrected chi connectivity index (χ0v) is 12.6. The first kappa shape index (κ1) is 16.7. The molecule has 0 aliphatic carbocycles. The lowest BCUT2D eigenvalue weighted by Gasteiger charge is -2.22. The molecule has 1 aromatic carbocycles. The van der Waals surface area contributed by atoms with E-state index >= 15 is 0 Å². The molecular formula is C11H16ClFN2O2S2. The van der Waals surface area contributed by atoms with Crippen LogP contribution in [0.3, 0.4) is 0 Å². The molecule has 108 valence electrons. The summed E-state index contributed by atoms with van der Waals surface area (Å²) >= 11 is 1.46. The fraction of sp³-hybridized carbons (Fsp3) is 0.455. The van der Waals surface area contributed by atoms with Crippen LogP contribution in [0.1, 0.15) is 12.8 Å². The number of sulfonamides is 1. The average Bonchev–Trinajstić information content (AvgIpc) is 2.32. The molecule has 1 fully saturated rings. The number of nitrogens with one attached hydrogen (secondary N) is 1. The van der Waals surface area contributed by atoms with Crippen LogP contribution < -0.4 is 10.5 Å². The lowest BCUT2D eigenvalue weighted by molar-refractivity contribution is 0.530. The fourth-order valence-corrected chi connectivity index (χ4v) is 3.52.